The quantitative estimate of drug-likeness (QED) is 0.695. The molecule has 0 atom stereocenters. The fraction of sp³-hybridized carbons (Fsp3) is 0.263. The molecule has 1 aliphatic rings. The Hall–Kier alpha value is -2.11. The van der Waals surface area contributed by atoms with Crippen molar-refractivity contribution in [2.24, 2.45) is 0 Å². The molecule has 128 valence electrons. The van der Waals surface area contributed by atoms with Crippen LogP contribution in [-0.2, 0) is 6.54 Å². The van der Waals surface area contributed by atoms with Crippen LogP contribution in [0.3, 0.4) is 0 Å². The van der Waals surface area contributed by atoms with Crippen molar-refractivity contribution < 1.29 is 0 Å². The number of nitrogens with zero attached hydrogens (tertiary/aromatic N) is 2. The van der Waals surface area contributed by atoms with Crippen molar-refractivity contribution >= 4 is 40.4 Å². The first kappa shape index (κ1) is 16.4. The number of hydrogen-bond acceptors (Lipinski definition) is 3. The Morgan fingerprint density at radius 1 is 1.08 bits per heavy atom. The molecule has 1 aromatic heterocycles. The molecule has 4 nitrogen and oxygen atoms in total. The van der Waals surface area contributed by atoms with E-state index in [1.807, 2.05) is 0 Å². The van der Waals surface area contributed by atoms with Gasteiger partial charge < -0.3 is 9.88 Å². The molecule has 4 rings (SSSR count). The summed E-state index contributed by atoms with van der Waals surface area (Å²) in [5, 5.41) is 1.09. The van der Waals surface area contributed by atoms with Crippen molar-refractivity contribution in [1.82, 2.24) is 9.55 Å². The maximum Gasteiger partial charge on any atom is 0.262 e. The van der Waals surface area contributed by atoms with Gasteiger partial charge in [-0.05, 0) is 61.0 Å². The molecule has 2 heterocycles. The second kappa shape index (κ2) is 6.65. The van der Waals surface area contributed by atoms with Crippen LogP contribution in [0.15, 0.2) is 47.3 Å². The van der Waals surface area contributed by atoms with Gasteiger partial charge in [-0.1, -0.05) is 23.7 Å². The zero-order chi connectivity index (χ0) is 17.4. The van der Waals surface area contributed by atoms with Crippen molar-refractivity contribution in [1.29, 1.82) is 0 Å². The molecule has 3 aromatic rings. The van der Waals surface area contributed by atoms with Crippen LogP contribution >= 0.6 is 23.8 Å². The third-order valence-electron chi connectivity index (χ3n) is 4.69. The molecule has 2 aromatic carbocycles. The van der Waals surface area contributed by atoms with E-state index in [0.29, 0.717) is 27.2 Å². The molecular formula is C19H18ClN3OS. The number of rotatable bonds is 3. The molecule has 0 saturated carbocycles. The predicted molar refractivity (Wildman–Crippen MR) is 105 cm³/mol. The minimum Gasteiger partial charge on any atom is -0.372 e. The molecule has 1 aliphatic heterocycles. The monoisotopic (exact) mass is 371 g/mol. The van der Waals surface area contributed by atoms with E-state index >= 15 is 0 Å². The van der Waals surface area contributed by atoms with Gasteiger partial charge in [-0.2, -0.15) is 0 Å². The van der Waals surface area contributed by atoms with E-state index < -0.39 is 0 Å². The Labute approximate surface area is 155 Å². The number of fused-ring (bicyclic) bond motifs is 1. The fourth-order valence-electron chi connectivity index (χ4n) is 3.34. The highest BCUT2D eigenvalue weighted by atomic mass is 35.5. The molecule has 0 aliphatic carbocycles. The minimum atomic E-state index is -0.120. The summed E-state index contributed by atoms with van der Waals surface area (Å²) in [5.41, 5.74) is 2.87. The Bertz CT molecular complexity index is 1030. The average Bonchev–Trinajstić information content (AvgIpc) is 3.15. The number of nitrogens with one attached hydrogen (secondary N) is 1. The van der Waals surface area contributed by atoms with Crippen molar-refractivity contribution in [3.05, 3.63) is 68.2 Å². The van der Waals surface area contributed by atoms with Crippen LogP contribution in [0.1, 0.15) is 18.4 Å². The maximum absolute atomic E-state index is 12.8. The van der Waals surface area contributed by atoms with Crippen LogP contribution in [-0.4, -0.2) is 22.6 Å². The van der Waals surface area contributed by atoms with Crippen LogP contribution in [0.4, 0.5) is 5.69 Å². The third-order valence-corrected chi connectivity index (χ3v) is 5.25. The summed E-state index contributed by atoms with van der Waals surface area (Å²) in [5.74, 6) is 0. The zero-order valence-corrected chi connectivity index (χ0v) is 15.2. The topological polar surface area (TPSA) is 41.0 Å². The molecule has 0 unspecified atom stereocenters. The summed E-state index contributed by atoms with van der Waals surface area (Å²) >= 11 is 11.4. The molecule has 1 fully saturated rings. The number of benzene rings is 2. The summed E-state index contributed by atoms with van der Waals surface area (Å²) in [6.45, 7) is 2.68. The molecule has 1 saturated heterocycles. The van der Waals surface area contributed by atoms with Crippen LogP contribution in [0.5, 0.6) is 0 Å². The number of halogens is 1. The van der Waals surface area contributed by atoms with E-state index in [1.54, 1.807) is 22.8 Å². The highest BCUT2D eigenvalue weighted by Gasteiger charge is 2.12. The molecule has 0 bridgehead atoms. The van der Waals surface area contributed by atoms with Gasteiger partial charge in [0.25, 0.3) is 5.56 Å². The minimum absolute atomic E-state index is 0.120. The molecule has 1 N–H and O–H groups in total. The Morgan fingerprint density at radius 3 is 2.52 bits per heavy atom. The van der Waals surface area contributed by atoms with Gasteiger partial charge in [-0.15, -0.1) is 0 Å². The van der Waals surface area contributed by atoms with Gasteiger partial charge >= 0.3 is 0 Å². The largest absolute Gasteiger partial charge is 0.372 e. The van der Waals surface area contributed by atoms with E-state index in [9.17, 15) is 4.79 Å². The van der Waals surface area contributed by atoms with Crippen molar-refractivity contribution in [3.63, 3.8) is 0 Å². The predicted octanol–water partition coefficient (Wildman–Crippen LogP) is 4.36. The highest BCUT2D eigenvalue weighted by Crippen LogP contribution is 2.21. The first-order chi connectivity index (χ1) is 12.1. The van der Waals surface area contributed by atoms with Crippen molar-refractivity contribution in [2.75, 3.05) is 18.0 Å². The summed E-state index contributed by atoms with van der Waals surface area (Å²) in [7, 11) is 0. The SMILES string of the molecule is O=c1c2cc(Cl)ccc2[nH]c(=S)n1Cc1ccc(N2CCCC2)cc1. The van der Waals surface area contributed by atoms with Crippen molar-refractivity contribution in [2.45, 2.75) is 19.4 Å². The number of aromatic amines is 1. The third kappa shape index (κ3) is 3.22. The van der Waals surface area contributed by atoms with E-state index in [-0.39, 0.29) is 5.56 Å². The van der Waals surface area contributed by atoms with E-state index in [2.05, 4.69) is 34.1 Å². The van der Waals surface area contributed by atoms with Crippen molar-refractivity contribution in [3.8, 4) is 0 Å². The Balaban J connectivity index is 1.68. The first-order valence-electron chi connectivity index (χ1n) is 8.38. The lowest BCUT2D eigenvalue weighted by atomic mass is 10.2. The molecule has 6 heteroatoms. The summed E-state index contributed by atoms with van der Waals surface area (Å²) in [4.78, 5) is 18.3. The van der Waals surface area contributed by atoms with Gasteiger partial charge in [0.2, 0.25) is 0 Å². The summed E-state index contributed by atoms with van der Waals surface area (Å²) < 4.78 is 2.00. The maximum atomic E-state index is 12.8. The number of aromatic nitrogens is 2. The van der Waals surface area contributed by atoms with Gasteiger partial charge in [0.05, 0.1) is 17.4 Å². The average molecular weight is 372 g/mol. The van der Waals surface area contributed by atoms with Gasteiger partial charge in [0.15, 0.2) is 4.77 Å². The first-order valence-corrected chi connectivity index (χ1v) is 9.17. The van der Waals surface area contributed by atoms with E-state index in [1.165, 1.54) is 18.5 Å². The second-order valence-electron chi connectivity index (χ2n) is 6.37. The van der Waals surface area contributed by atoms with E-state index in [0.717, 1.165) is 18.7 Å². The Morgan fingerprint density at radius 2 is 1.80 bits per heavy atom. The summed E-state index contributed by atoms with van der Waals surface area (Å²) in [6.07, 6.45) is 2.51. The fourth-order valence-corrected chi connectivity index (χ4v) is 3.77. The lowest BCUT2D eigenvalue weighted by molar-refractivity contribution is 0.734. The molecule has 0 spiro atoms. The van der Waals surface area contributed by atoms with Gasteiger partial charge in [-0.3, -0.25) is 9.36 Å². The van der Waals surface area contributed by atoms with E-state index in [4.69, 9.17) is 23.8 Å². The smallest absolute Gasteiger partial charge is 0.262 e. The lowest BCUT2D eigenvalue weighted by Gasteiger charge is -2.18. The normalized spacial score (nSPS) is 14.4. The van der Waals surface area contributed by atoms with Crippen LogP contribution in [0.2, 0.25) is 5.02 Å². The number of H-pyrrole nitrogens is 1. The van der Waals surface area contributed by atoms with Crippen LogP contribution in [0.25, 0.3) is 10.9 Å². The van der Waals surface area contributed by atoms with Gasteiger partial charge in [-0.25, -0.2) is 0 Å². The van der Waals surface area contributed by atoms with Crippen LogP contribution < -0.4 is 10.5 Å². The Kier molecular flexibility index (Phi) is 4.36. The highest BCUT2D eigenvalue weighted by molar-refractivity contribution is 7.71. The van der Waals surface area contributed by atoms with Gasteiger partial charge in [0, 0.05) is 23.8 Å². The standard InChI is InChI=1S/C19H18ClN3OS/c20-14-5-8-17-16(11-14)18(24)23(19(25)21-17)12-13-3-6-15(7-4-13)22-9-1-2-10-22/h3-8,11H,1-2,9-10,12H2,(H,21,25). The number of hydrogen-bond donors (Lipinski definition) is 1. The second-order valence-corrected chi connectivity index (χ2v) is 7.20. The number of anilines is 1. The van der Waals surface area contributed by atoms with Gasteiger partial charge in [0.1, 0.15) is 0 Å². The molecule has 0 amide bonds. The zero-order valence-electron chi connectivity index (χ0n) is 13.7. The lowest BCUT2D eigenvalue weighted by Crippen LogP contribution is -2.23. The molecule has 25 heavy (non-hydrogen) atoms. The molecular weight excluding hydrogens is 354 g/mol. The molecule has 0 radical (unpaired) electrons. The summed E-state index contributed by atoms with van der Waals surface area (Å²) in [6, 6.07) is 13.6. The van der Waals surface area contributed by atoms with Crippen LogP contribution in [0, 0.1) is 4.77 Å².